The molecule has 1 rings (SSSR count). The molecule has 0 amide bonds. The van der Waals surface area contributed by atoms with Crippen LogP contribution in [0.3, 0.4) is 0 Å². The van der Waals surface area contributed by atoms with Crippen LogP contribution in [-0.2, 0) is 0 Å². The Balaban J connectivity index is 3.21. The van der Waals surface area contributed by atoms with E-state index in [2.05, 4.69) is 13.2 Å². The normalized spacial score (nSPS) is 9.18. The highest BCUT2D eigenvalue weighted by atomic mass is 35.5. The Hall–Kier alpha value is -1.01. The molecule has 0 unspecified atom stereocenters. The van der Waals surface area contributed by atoms with E-state index < -0.39 is 0 Å². The third kappa shape index (κ3) is 1.95. The summed E-state index contributed by atoms with van der Waals surface area (Å²) in [4.78, 5) is 0. The molecule has 0 atom stereocenters. The second-order valence-corrected chi connectivity index (χ2v) is 2.66. The Bertz CT molecular complexity index is 261. The van der Waals surface area contributed by atoms with Gasteiger partial charge in [0.2, 0.25) is 0 Å². The minimum atomic E-state index is 0.720. The highest BCUT2D eigenvalue weighted by molar-refractivity contribution is 6.30. The molecule has 0 aliphatic carbocycles. The maximum Gasteiger partial charge on any atom is 0.0417 e. The average molecular weight is 165 g/mol. The van der Waals surface area contributed by atoms with Gasteiger partial charge in [-0.3, -0.25) is 0 Å². The van der Waals surface area contributed by atoms with Gasteiger partial charge in [0.05, 0.1) is 0 Å². The van der Waals surface area contributed by atoms with E-state index in [4.69, 9.17) is 11.6 Å². The first kappa shape index (κ1) is 8.09. The van der Waals surface area contributed by atoms with Crippen molar-refractivity contribution in [1.29, 1.82) is 0 Å². The number of hydrogen-bond donors (Lipinski definition) is 0. The molecule has 11 heavy (non-hydrogen) atoms. The summed E-state index contributed by atoms with van der Waals surface area (Å²) in [6, 6.07) is 5.70. The van der Waals surface area contributed by atoms with E-state index in [1.165, 1.54) is 0 Å². The van der Waals surface area contributed by atoms with Crippen LogP contribution in [-0.4, -0.2) is 0 Å². The Morgan fingerprint density at radius 3 is 1.82 bits per heavy atom. The average Bonchev–Trinajstić information content (AvgIpc) is 2.03. The van der Waals surface area contributed by atoms with E-state index in [9.17, 15) is 0 Å². The van der Waals surface area contributed by atoms with Crippen molar-refractivity contribution in [3.63, 3.8) is 0 Å². The van der Waals surface area contributed by atoms with Crippen LogP contribution in [0.4, 0.5) is 0 Å². The van der Waals surface area contributed by atoms with Crippen LogP contribution >= 0.6 is 11.6 Å². The second kappa shape index (κ2) is 3.40. The number of rotatable bonds is 2. The van der Waals surface area contributed by atoms with E-state index in [0.717, 1.165) is 16.1 Å². The summed E-state index contributed by atoms with van der Waals surface area (Å²) in [5, 5.41) is 0.720. The van der Waals surface area contributed by atoms with Gasteiger partial charge >= 0.3 is 0 Å². The summed E-state index contributed by atoms with van der Waals surface area (Å²) in [5.41, 5.74) is 2.04. The molecule has 56 valence electrons. The van der Waals surface area contributed by atoms with Crippen LogP contribution in [0, 0.1) is 0 Å². The third-order valence-electron chi connectivity index (χ3n) is 1.41. The summed E-state index contributed by atoms with van der Waals surface area (Å²) in [6.45, 7) is 7.31. The van der Waals surface area contributed by atoms with Gasteiger partial charge in [0.25, 0.3) is 0 Å². The second-order valence-electron chi connectivity index (χ2n) is 2.23. The van der Waals surface area contributed by atoms with Crippen LogP contribution in [0.1, 0.15) is 11.1 Å². The Kier molecular flexibility index (Phi) is 2.50. The zero-order chi connectivity index (χ0) is 8.27. The van der Waals surface area contributed by atoms with E-state index in [0.29, 0.717) is 0 Å². The molecule has 0 spiro atoms. The molecule has 0 fully saturated rings. The first-order valence-electron chi connectivity index (χ1n) is 3.31. The summed E-state index contributed by atoms with van der Waals surface area (Å²) in [7, 11) is 0. The van der Waals surface area contributed by atoms with Gasteiger partial charge in [-0.1, -0.05) is 36.9 Å². The largest absolute Gasteiger partial charge is 0.0985 e. The van der Waals surface area contributed by atoms with E-state index in [1.807, 2.05) is 18.2 Å². The molecule has 1 heteroatoms. The number of hydrogen-bond acceptors (Lipinski definition) is 0. The Labute approximate surface area is 71.8 Å². The maximum absolute atomic E-state index is 5.81. The summed E-state index contributed by atoms with van der Waals surface area (Å²) >= 11 is 5.81. The molecule has 0 radical (unpaired) electrons. The summed E-state index contributed by atoms with van der Waals surface area (Å²) in [5.74, 6) is 0. The molecule has 1 aromatic rings. The summed E-state index contributed by atoms with van der Waals surface area (Å²) < 4.78 is 0. The molecular weight excluding hydrogens is 156 g/mol. The van der Waals surface area contributed by atoms with Crippen molar-refractivity contribution in [1.82, 2.24) is 0 Å². The van der Waals surface area contributed by atoms with Gasteiger partial charge in [-0.25, -0.2) is 0 Å². The fourth-order valence-corrected chi connectivity index (χ4v) is 1.12. The molecule has 0 heterocycles. The molecule has 0 saturated heterocycles. The molecule has 0 aromatic heterocycles. The van der Waals surface area contributed by atoms with E-state index in [-0.39, 0.29) is 0 Å². The maximum atomic E-state index is 5.81. The van der Waals surface area contributed by atoms with Crippen molar-refractivity contribution < 1.29 is 0 Å². The van der Waals surface area contributed by atoms with Crippen LogP contribution in [0.2, 0.25) is 5.02 Å². The van der Waals surface area contributed by atoms with Gasteiger partial charge in [-0.05, 0) is 29.3 Å². The van der Waals surface area contributed by atoms with Crippen LogP contribution in [0.5, 0.6) is 0 Å². The van der Waals surface area contributed by atoms with Gasteiger partial charge in [-0.2, -0.15) is 0 Å². The monoisotopic (exact) mass is 164 g/mol. The van der Waals surface area contributed by atoms with Gasteiger partial charge in [-0.15, -0.1) is 0 Å². The van der Waals surface area contributed by atoms with Gasteiger partial charge in [0.15, 0.2) is 0 Å². The fraction of sp³-hybridized carbons (Fsp3) is 0. The van der Waals surface area contributed by atoms with Crippen molar-refractivity contribution in [2.75, 3.05) is 0 Å². The predicted octanol–water partition coefficient (Wildman–Crippen LogP) is 3.63. The number of benzene rings is 1. The first-order valence-corrected chi connectivity index (χ1v) is 3.69. The predicted molar refractivity (Wildman–Crippen MR) is 51.6 cm³/mol. The highest BCUT2D eigenvalue weighted by Crippen LogP contribution is 2.16. The molecule has 0 saturated carbocycles. The molecule has 1 aromatic carbocycles. The zero-order valence-corrected chi connectivity index (χ0v) is 6.93. The minimum Gasteiger partial charge on any atom is -0.0985 e. The first-order chi connectivity index (χ1) is 5.26. The van der Waals surface area contributed by atoms with Crippen molar-refractivity contribution in [2.45, 2.75) is 0 Å². The molecule has 0 aliphatic heterocycles. The van der Waals surface area contributed by atoms with Crippen LogP contribution in [0.25, 0.3) is 12.2 Å². The van der Waals surface area contributed by atoms with E-state index in [1.54, 1.807) is 12.2 Å². The topological polar surface area (TPSA) is 0 Å². The molecule has 0 N–H and O–H groups in total. The van der Waals surface area contributed by atoms with Gasteiger partial charge in [0.1, 0.15) is 0 Å². The molecular formula is C10H9Cl. The van der Waals surface area contributed by atoms with Crippen molar-refractivity contribution in [2.24, 2.45) is 0 Å². The standard InChI is InChI=1S/C10H9Cl/c1-3-8-5-9(4-2)7-10(11)6-8/h3-7H,1-2H2. The van der Waals surface area contributed by atoms with Gasteiger partial charge < -0.3 is 0 Å². The Morgan fingerprint density at radius 2 is 1.45 bits per heavy atom. The molecule has 0 bridgehead atoms. The van der Waals surface area contributed by atoms with Crippen molar-refractivity contribution in [3.05, 3.63) is 47.5 Å². The van der Waals surface area contributed by atoms with Gasteiger partial charge in [0, 0.05) is 5.02 Å². The van der Waals surface area contributed by atoms with Crippen molar-refractivity contribution in [3.8, 4) is 0 Å². The minimum absolute atomic E-state index is 0.720. The van der Waals surface area contributed by atoms with Crippen LogP contribution in [0.15, 0.2) is 31.4 Å². The lowest BCUT2D eigenvalue weighted by atomic mass is 10.1. The third-order valence-corrected chi connectivity index (χ3v) is 1.63. The molecule has 0 aliphatic rings. The Morgan fingerprint density at radius 1 is 1.00 bits per heavy atom. The molecule has 0 nitrogen and oxygen atoms in total. The van der Waals surface area contributed by atoms with Crippen molar-refractivity contribution >= 4 is 23.8 Å². The lowest BCUT2D eigenvalue weighted by Crippen LogP contribution is -1.75. The SMILES string of the molecule is C=Cc1cc(Cl)cc(C=C)c1. The lowest BCUT2D eigenvalue weighted by molar-refractivity contribution is 1.62. The summed E-state index contributed by atoms with van der Waals surface area (Å²) in [6.07, 6.45) is 3.53. The quantitative estimate of drug-likeness (QED) is 0.626. The highest BCUT2D eigenvalue weighted by Gasteiger charge is 1.92. The zero-order valence-electron chi connectivity index (χ0n) is 6.18. The fourth-order valence-electron chi connectivity index (χ4n) is 0.872. The number of halogens is 1. The van der Waals surface area contributed by atoms with E-state index >= 15 is 0 Å². The van der Waals surface area contributed by atoms with Crippen LogP contribution < -0.4 is 0 Å². The lowest BCUT2D eigenvalue weighted by Gasteiger charge is -1.97. The smallest absolute Gasteiger partial charge is 0.0417 e.